The van der Waals surface area contributed by atoms with Gasteiger partial charge in [-0.3, -0.25) is 14.5 Å². The number of carbonyl (C=O) groups is 1. The van der Waals surface area contributed by atoms with Gasteiger partial charge in [0, 0.05) is 18.7 Å². The first-order valence-electron chi connectivity index (χ1n) is 13.5. The smallest absolute Gasteiger partial charge is 0.255 e. The van der Waals surface area contributed by atoms with Crippen molar-refractivity contribution in [2.75, 3.05) is 28.4 Å². The lowest BCUT2D eigenvalue weighted by Gasteiger charge is -2.24. The van der Waals surface area contributed by atoms with Gasteiger partial charge in [-0.1, -0.05) is 26.8 Å². The van der Waals surface area contributed by atoms with Crippen molar-refractivity contribution in [3.05, 3.63) is 70.9 Å². The van der Waals surface area contributed by atoms with E-state index in [4.69, 9.17) is 16.3 Å². The van der Waals surface area contributed by atoms with Crippen molar-refractivity contribution in [1.29, 1.82) is 0 Å². The minimum atomic E-state index is -3.61. The van der Waals surface area contributed by atoms with Crippen LogP contribution < -0.4 is 35.9 Å². The number of methoxy groups -OCH3 is 1. The number of nitrogens with one attached hydrogen (secondary N) is 3. The van der Waals surface area contributed by atoms with Crippen molar-refractivity contribution >= 4 is 38.7 Å². The first-order valence-corrected chi connectivity index (χ1v) is 15.4. The molecule has 12 heteroatoms. The van der Waals surface area contributed by atoms with Crippen molar-refractivity contribution in [1.82, 2.24) is 4.98 Å². The number of nitrogens with two attached hydrogens (primary N) is 2. The molecule has 0 aliphatic carbocycles. The molecule has 0 radical (unpaired) electrons. The van der Waals surface area contributed by atoms with E-state index < -0.39 is 15.9 Å². The average molecular weight is 599 g/mol. The van der Waals surface area contributed by atoms with E-state index in [1.165, 1.54) is 12.1 Å². The molecule has 0 atom stereocenters. The standard InChI is InChI=1S/C30H43N7O4S/c1-18-11-12-20(13-25(18)36(32)17-22(31)26-16-33-19(2)37(26)30(6,7)8)28(38)34-23-14-21(29(3,4)5)15-24(27(23)41-9)35-42(10,39)40/h11-17,35H,31-32H2,1-10H3,(H,34,38)/p+1/b22-17-. The second kappa shape index (κ2) is 11.7. The number of imidazole rings is 1. The maximum atomic E-state index is 13.5. The van der Waals surface area contributed by atoms with Crippen LogP contribution in [0.25, 0.3) is 5.70 Å². The number of hydrazine groups is 1. The Morgan fingerprint density at radius 3 is 2.24 bits per heavy atom. The van der Waals surface area contributed by atoms with Gasteiger partial charge in [0.25, 0.3) is 11.7 Å². The zero-order valence-corrected chi connectivity index (χ0v) is 26.9. The van der Waals surface area contributed by atoms with Crippen LogP contribution in [0.15, 0.2) is 42.7 Å². The van der Waals surface area contributed by atoms with E-state index >= 15 is 0 Å². The van der Waals surface area contributed by atoms with Crippen molar-refractivity contribution in [2.24, 2.45) is 11.6 Å². The van der Waals surface area contributed by atoms with Gasteiger partial charge < -0.3 is 15.8 Å². The number of sulfonamides is 1. The van der Waals surface area contributed by atoms with Gasteiger partial charge in [-0.05, 0) is 68.5 Å². The molecule has 2 aromatic carbocycles. The fourth-order valence-electron chi connectivity index (χ4n) is 4.72. The number of aryl methyl sites for hydroxylation is 2. The Morgan fingerprint density at radius 2 is 1.69 bits per heavy atom. The Morgan fingerprint density at radius 1 is 1.07 bits per heavy atom. The molecule has 0 bridgehead atoms. The second-order valence-electron chi connectivity index (χ2n) is 12.4. The summed E-state index contributed by atoms with van der Waals surface area (Å²) in [4.78, 5) is 16.7. The number of carbonyl (C=O) groups excluding carboxylic acids is 1. The van der Waals surface area contributed by atoms with Crippen molar-refractivity contribution in [3.63, 3.8) is 0 Å². The summed E-state index contributed by atoms with van der Waals surface area (Å²) in [6.07, 6.45) is 4.51. The first kappa shape index (κ1) is 32.5. The van der Waals surface area contributed by atoms with Crippen molar-refractivity contribution in [2.45, 2.75) is 66.3 Å². The maximum absolute atomic E-state index is 13.5. The number of H-pyrrole nitrogens is 1. The van der Waals surface area contributed by atoms with Crippen molar-refractivity contribution < 1.29 is 22.5 Å². The SMILES string of the molecule is COc1c(NC(=O)c2ccc(C)c(N(N)/C=C(\N)c3c[nH]c(C)[n+]3C(C)(C)C)c2)cc(C(C)(C)C)cc1NS(C)(=O)=O. The third-order valence-electron chi connectivity index (χ3n) is 6.69. The molecule has 7 N–H and O–H groups in total. The minimum Gasteiger partial charge on any atom is -0.492 e. The third kappa shape index (κ3) is 7.42. The number of aromatic amines is 1. The van der Waals surface area contributed by atoms with Gasteiger partial charge in [0.15, 0.2) is 11.4 Å². The van der Waals surface area contributed by atoms with Gasteiger partial charge in [-0.15, -0.1) is 0 Å². The van der Waals surface area contributed by atoms with Crippen molar-refractivity contribution in [3.8, 4) is 5.75 Å². The Balaban J connectivity index is 2.01. The second-order valence-corrected chi connectivity index (χ2v) is 14.2. The van der Waals surface area contributed by atoms with Gasteiger partial charge in [-0.25, -0.2) is 23.8 Å². The van der Waals surface area contributed by atoms with Crippen LogP contribution in [0.4, 0.5) is 17.1 Å². The van der Waals surface area contributed by atoms with Gasteiger partial charge in [0.05, 0.1) is 30.4 Å². The Labute approximate surface area is 249 Å². The first-order chi connectivity index (χ1) is 19.2. The molecule has 11 nitrogen and oxygen atoms in total. The summed E-state index contributed by atoms with van der Waals surface area (Å²) in [5.74, 6) is 7.17. The molecule has 228 valence electrons. The topological polar surface area (TPSA) is 159 Å². The van der Waals surface area contributed by atoms with E-state index in [9.17, 15) is 13.2 Å². The maximum Gasteiger partial charge on any atom is 0.255 e. The van der Waals surface area contributed by atoms with Crippen LogP contribution in [0.1, 0.15) is 74.5 Å². The zero-order chi connectivity index (χ0) is 31.8. The summed E-state index contributed by atoms with van der Waals surface area (Å²) >= 11 is 0. The fourth-order valence-corrected chi connectivity index (χ4v) is 5.27. The molecule has 0 spiro atoms. The van der Waals surface area contributed by atoms with E-state index in [1.807, 2.05) is 40.8 Å². The summed E-state index contributed by atoms with van der Waals surface area (Å²) in [7, 11) is -2.20. The lowest BCUT2D eigenvalue weighted by atomic mass is 9.86. The highest BCUT2D eigenvalue weighted by atomic mass is 32.2. The van der Waals surface area contributed by atoms with Gasteiger partial charge >= 0.3 is 0 Å². The predicted molar refractivity (Wildman–Crippen MR) is 169 cm³/mol. The third-order valence-corrected chi connectivity index (χ3v) is 7.28. The molecule has 42 heavy (non-hydrogen) atoms. The van der Waals surface area contributed by atoms with Crippen LogP contribution in [-0.4, -0.2) is 32.7 Å². The molecular formula is C30H44N7O4S+. The van der Waals surface area contributed by atoms with Crippen LogP contribution in [0.3, 0.4) is 0 Å². The number of amides is 1. The average Bonchev–Trinajstić information content (AvgIpc) is 3.24. The largest absolute Gasteiger partial charge is 0.492 e. The monoisotopic (exact) mass is 598 g/mol. The van der Waals surface area contributed by atoms with Crippen LogP contribution in [0, 0.1) is 13.8 Å². The molecule has 0 saturated carbocycles. The van der Waals surface area contributed by atoms with Crippen LogP contribution in [0.5, 0.6) is 5.75 Å². The molecule has 0 unspecified atom stereocenters. The zero-order valence-electron chi connectivity index (χ0n) is 26.1. The summed E-state index contributed by atoms with van der Waals surface area (Å²) < 4.78 is 34.3. The minimum absolute atomic E-state index is 0.194. The molecule has 3 aromatic rings. The Hall–Kier alpha value is -4.03. The molecule has 1 aromatic heterocycles. The predicted octanol–water partition coefficient (Wildman–Crippen LogP) is 4.24. The quantitative estimate of drug-likeness (QED) is 0.147. The molecule has 0 aliphatic heterocycles. The molecular weight excluding hydrogens is 554 g/mol. The molecule has 3 rings (SSSR count). The van der Waals surface area contributed by atoms with Gasteiger partial charge in [0.1, 0.15) is 17.4 Å². The number of benzene rings is 2. The summed E-state index contributed by atoms with van der Waals surface area (Å²) in [5.41, 5.74) is 10.3. The normalized spacial score (nSPS) is 12.7. The van der Waals surface area contributed by atoms with E-state index in [-0.39, 0.29) is 22.4 Å². The summed E-state index contributed by atoms with van der Waals surface area (Å²) in [5, 5.41) is 4.28. The van der Waals surface area contributed by atoms with E-state index in [2.05, 4.69) is 40.4 Å². The number of anilines is 3. The van der Waals surface area contributed by atoms with E-state index in [1.54, 1.807) is 36.5 Å². The van der Waals surface area contributed by atoms with Gasteiger partial charge in [-0.2, -0.15) is 0 Å². The number of hydrogen-bond acceptors (Lipinski definition) is 7. The summed E-state index contributed by atoms with van der Waals surface area (Å²) in [6, 6.07) is 8.64. The highest BCUT2D eigenvalue weighted by molar-refractivity contribution is 7.92. The van der Waals surface area contributed by atoms with Crippen LogP contribution in [0.2, 0.25) is 0 Å². The Kier molecular flexibility index (Phi) is 9.04. The lowest BCUT2D eigenvalue weighted by Crippen LogP contribution is -2.54. The summed E-state index contributed by atoms with van der Waals surface area (Å²) in [6.45, 7) is 16.1. The van der Waals surface area contributed by atoms with E-state index in [0.717, 1.165) is 28.9 Å². The molecule has 1 heterocycles. The number of rotatable bonds is 8. The number of nitrogens with zero attached hydrogens (tertiary/aromatic N) is 2. The van der Waals surface area contributed by atoms with E-state index in [0.29, 0.717) is 22.6 Å². The van der Waals surface area contributed by atoms with Gasteiger partial charge in [0.2, 0.25) is 10.0 Å². The molecule has 0 saturated heterocycles. The highest BCUT2D eigenvalue weighted by Crippen LogP contribution is 2.39. The number of hydrogen-bond donors (Lipinski definition) is 5. The molecule has 0 fully saturated rings. The number of aromatic nitrogens is 2. The number of ether oxygens (including phenoxy) is 1. The highest BCUT2D eigenvalue weighted by Gasteiger charge is 2.28. The lowest BCUT2D eigenvalue weighted by molar-refractivity contribution is -0.759. The van der Waals surface area contributed by atoms with Crippen LogP contribution in [-0.2, 0) is 21.0 Å². The van der Waals surface area contributed by atoms with Crippen LogP contribution >= 0.6 is 0 Å². The molecule has 1 amide bonds. The fraction of sp³-hybridized carbons (Fsp3) is 0.400. The Bertz CT molecular complexity index is 1630. The molecule has 0 aliphatic rings.